The monoisotopic (exact) mass is 352 g/mol. The van der Waals surface area contributed by atoms with Gasteiger partial charge in [-0.25, -0.2) is 4.57 Å². The Bertz CT molecular complexity index is 550. The maximum atomic E-state index is 12.2. The molecule has 19 heavy (non-hydrogen) atoms. The molecule has 7 heteroatoms. The number of hydrogen-bond acceptors (Lipinski definition) is 3. The van der Waals surface area contributed by atoms with Crippen LogP contribution in [0.2, 0.25) is 10.0 Å². The van der Waals surface area contributed by atoms with Crippen LogP contribution in [-0.4, -0.2) is 0 Å². The fourth-order valence-corrected chi connectivity index (χ4v) is 4.88. The molecule has 0 bridgehead atoms. The summed E-state index contributed by atoms with van der Waals surface area (Å²) in [7, 11) is 0. The molecular weight excluding hydrogens is 346 g/mol. The van der Waals surface area contributed by atoms with Gasteiger partial charge in [0.05, 0.1) is 0 Å². The van der Waals surface area contributed by atoms with Crippen LogP contribution in [0.1, 0.15) is 0 Å². The summed E-state index contributed by atoms with van der Waals surface area (Å²) in [4.78, 5) is 0.719. The van der Waals surface area contributed by atoms with Gasteiger partial charge < -0.3 is 4.52 Å². The Morgan fingerprint density at radius 2 is 1.37 bits per heavy atom. The third-order valence-electron chi connectivity index (χ3n) is 2.06. The van der Waals surface area contributed by atoms with Crippen molar-refractivity contribution in [3.05, 3.63) is 58.6 Å². The highest BCUT2D eigenvalue weighted by Crippen LogP contribution is 2.66. The van der Waals surface area contributed by atoms with E-state index >= 15 is 0 Å². The summed E-state index contributed by atoms with van der Waals surface area (Å²) in [6.07, 6.45) is 0. The van der Waals surface area contributed by atoms with Gasteiger partial charge in [-0.15, -0.1) is 0 Å². The highest BCUT2D eigenvalue weighted by Gasteiger charge is 2.23. The Labute approximate surface area is 130 Å². The SMILES string of the molecule is O=P(Cl)(Oc1ccc(Cl)cc1)Sc1ccc(Cl)cc1. The topological polar surface area (TPSA) is 26.3 Å². The van der Waals surface area contributed by atoms with E-state index in [1.165, 1.54) is 0 Å². The van der Waals surface area contributed by atoms with Crippen molar-refractivity contribution in [1.29, 1.82) is 0 Å². The molecule has 0 aliphatic heterocycles. The zero-order valence-electron chi connectivity index (χ0n) is 9.42. The molecule has 0 saturated heterocycles. The van der Waals surface area contributed by atoms with Crippen LogP contribution in [0, 0.1) is 0 Å². The highest BCUT2D eigenvalue weighted by atomic mass is 35.7. The molecule has 1 unspecified atom stereocenters. The Morgan fingerprint density at radius 1 is 0.895 bits per heavy atom. The van der Waals surface area contributed by atoms with Crippen LogP contribution in [-0.2, 0) is 4.57 Å². The fraction of sp³-hybridized carbons (Fsp3) is 0. The molecular formula is C12H8Cl3O2PS. The molecule has 0 amide bonds. The van der Waals surface area contributed by atoms with Crippen molar-refractivity contribution in [1.82, 2.24) is 0 Å². The Hall–Kier alpha value is -0.310. The van der Waals surface area contributed by atoms with Crippen LogP contribution >= 0.6 is 51.7 Å². The summed E-state index contributed by atoms with van der Waals surface area (Å²) >= 11 is 18.4. The van der Waals surface area contributed by atoms with Crippen molar-refractivity contribution in [3.63, 3.8) is 0 Å². The lowest BCUT2D eigenvalue weighted by Crippen LogP contribution is -1.83. The Kier molecular flexibility index (Phi) is 5.10. The van der Waals surface area contributed by atoms with Crippen molar-refractivity contribution < 1.29 is 9.09 Å². The van der Waals surface area contributed by atoms with Crippen molar-refractivity contribution in [2.24, 2.45) is 0 Å². The van der Waals surface area contributed by atoms with Gasteiger partial charge in [-0.1, -0.05) is 23.2 Å². The van der Waals surface area contributed by atoms with E-state index in [1.54, 1.807) is 48.5 Å². The lowest BCUT2D eigenvalue weighted by atomic mass is 10.3. The van der Waals surface area contributed by atoms with Gasteiger partial charge in [-0.05, 0) is 71.2 Å². The summed E-state index contributed by atoms with van der Waals surface area (Å²) < 4.78 is 17.4. The molecule has 0 fully saturated rings. The minimum Gasteiger partial charge on any atom is -0.425 e. The summed E-state index contributed by atoms with van der Waals surface area (Å²) in [5, 5.41) is 1.18. The van der Waals surface area contributed by atoms with E-state index in [2.05, 4.69) is 0 Å². The second kappa shape index (κ2) is 6.43. The van der Waals surface area contributed by atoms with Crippen molar-refractivity contribution >= 4 is 51.7 Å². The lowest BCUT2D eigenvalue weighted by molar-refractivity contribution is 0.514. The van der Waals surface area contributed by atoms with E-state index in [9.17, 15) is 4.57 Å². The van der Waals surface area contributed by atoms with E-state index in [1.807, 2.05) is 0 Å². The maximum Gasteiger partial charge on any atom is 0.398 e. The quantitative estimate of drug-likeness (QED) is 0.586. The van der Waals surface area contributed by atoms with Crippen LogP contribution in [0.5, 0.6) is 5.75 Å². The van der Waals surface area contributed by atoms with Crippen molar-refractivity contribution in [3.8, 4) is 5.75 Å². The molecule has 2 nitrogen and oxygen atoms in total. The van der Waals surface area contributed by atoms with Crippen molar-refractivity contribution in [2.75, 3.05) is 0 Å². The molecule has 0 radical (unpaired) electrons. The number of halogens is 3. The Morgan fingerprint density at radius 3 is 1.89 bits per heavy atom. The van der Waals surface area contributed by atoms with Gasteiger partial charge in [0.15, 0.2) is 0 Å². The number of hydrogen-bond donors (Lipinski definition) is 0. The van der Waals surface area contributed by atoms with Crippen LogP contribution < -0.4 is 4.52 Å². The number of rotatable bonds is 4. The van der Waals surface area contributed by atoms with E-state index in [0.29, 0.717) is 15.8 Å². The van der Waals surface area contributed by atoms with Crippen LogP contribution in [0.25, 0.3) is 0 Å². The molecule has 0 saturated carbocycles. The molecule has 0 N–H and O–H groups in total. The van der Waals surface area contributed by atoms with Gasteiger partial charge in [0.2, 0.25) is 0 Å². The molecule has 2 rings (SSSR count). The maximum absolute atomic E-state index is 12.2. The largest absolute Gasteiger partial charge is 0.425 e. The van der Waals surface area contributed by atoms with E-state index in [-0.39, 0.29) is 0 Å². The minimum atomic E-state index is -3.36. The summed E-state index contributed by atoms with van der Waals surface area (Å²) in [5.74, 6) is -2.96. The van der Waals surface area contributed by atoms with Gasteiger partial charge in [0, 0.05) is 14.9 Å². The van der Waals surface area contributed by atoms with Gasteiger partial charge in [0.25, 0.3) is 0 Å². The van der Waals surface area contributed by atoms with Crippen molar-refractivity contribution in [2.45, 2.75) is 4.90 Å². The molecule has 0 aliphatic carbocycles. The van der Waals surface area contributed by atoms with Gasteiger partial charge in [0.1, 0.15) is 5.75 Å². The van der Waals surface area contributed by atoms with E-state index < -0.39 is 5.92 Å². The first-order valence-electron chi connectivity index (χ1n) is 5.15. The van der Waals surface area contributed by atoms with E-state index in [4.69, 9.17) is 39.0 Å². The van der Waals surface area contributed by atoms with Crippen LogP contribution in [0.3, 0.4) is 0 Å². The average molecular weight is 354 g/mol. The molecule has 2 aromatic rings. The molecule has 0 aromatic heterocycles. The molecule has 0 heterocycles. The molecule has 1 atom stereocenters. The van der Waals surface area contributed by atoms with E-state index in [0.717, 1.165) is 16.3 Å². The highest BCUT2D eigenvalue weighted by molar-refractivity contribution is 8.63. The zero-order valence-corrected chi connectivity index (χ0v) is 13.4. The lowest BCUT2D eigenvalue weighted by Gasteiger charge is -2.12. The minimum absolute atomic E-state index is 0.407. The zero-order chi connectivity index (χ0) is 13.9. The molecule has 2 aromatic carbocycles. The molecule has 100 valence electrons. The average Bonchev–Trinajstić information content (AvgIpc) is 2.34. The second-order valence-corrected chi connectivity index (χ2v) is 10.0. The second-order valence-electron chi connectivity index (χ2n) is 3.52. The third kappa shape index (κ3) is 4.94. The van der Waals surface area contributed by atoms with Gasteiger partial charge in [-0.3, -0.25) is 0 Å². The van der Waals surface area contributed by atoms with Gasteiger partial charge >= 0.3 is 5.92 Å². The smallest absolute Gasteiger partial charge is 0.398 e. The molecule has 0 aliphatic rings. The third-order valence-corrected chi connectivity index (χ3v) is 6.03. The number of benzene rings is 2. The Balaban J connectivity index is 2.08. The predicted molar refractivity (Wildman–Crippen MR) is 82.8 cm³/mol. The van der Waals surface area contributed by atoms with Gasteiger partial charge in [-0.2, -0.15) is 0 Å². The first-order valence-corrected chi connectivity index (χ1v) is 9.85. The first kappa shape index (κ1) is 15.1. The normalized spacial score (nSPS) is 13.8. The predicted octanol–water partition coefficient (Wildman–Crippen LogP) is 6.51. The molecule has 0 spiro atoms. The summed E-state index contributed by atoms with van der Waals surface area (Å²) in [6, 6.07) is 13.4. The standard InChI is InChI=1S/C12H8Cl3O2PS/c13-9-1-5-11(6-2-9)17-18(15,16)19-12-7-3-10(14)4-8-12/h1-8H. The summed E-state index contributed by atoms with van der Waals surface area (Å²) in [6.45, 7) is 0. The van der Waals surface area contributed by atoms with Crippen LogP contribution in [0.15, 0.2) is 53.4 Å². The fourth-order valence-electron chi connectivity index (χ4n) is 1.26. The first-order chi connectivity index (χ1) is 8.94. The summed E-state index contributed by atoms with van der Waals surface area (Å²) in [5.41, 5.74) is 0. The van der Waals surface area contributed by atoms with Crippen LogP contribution in [0.4, 0.5) is 0 Å².